The van der Waals surface area contributed by atoms with Gasteiger partial charge in [0.1, 0.15) is 0 Å². The Balaban J connectivity index is 1.77. The first-order valence-corrected chi connectivity index (χ1v) is 11.2. The maximum Gasteiger partial charge on any atom is 0.0540 e. The molecule has 0 amide bonds. The van der Waals surface area contributed by atoms with Crippen LogP contribution in [0.25, 0.3) is 21.9 Å². The van der Waals surface area contributed by atoms with Gasteiger partial charge in [0.25, 0.3) is 0 Å². The SMILES string of the molecule is Cc1cc(N(c2ccccc2)c2ccc(-c3ccccc3)c3ccccc23)ccc1Br. The number of benzene rings is 5. The van der Waals surface area contributed by atoms with Crippen molar-refractivity contribution in [2.45, 2.75) is 6.92 Å². The zero-order chi connectivity index (χ0) is 21.2. The van der Waals surface area contributed by atoms with Gasteiger partial charge in [0.2, 0.25) is 0 Å². The molecule has 5 aromatic rings. The third-order valence-electron chi connectivity index (χ3n) is 5.64. The molecular weight excluding hydrogens is 442 g/mol. The van der Waals surface area contributed by atoms with Crippen molar-refractivity contribution in [2.75, 3.05) is 4.90 Å². The van der Waals surface area contributed by atoms with Gasteiger partial charge in [-0.3, -0.25) is 0 Å². The molecule has 0 radical (unpaired) electrons. The Morgan fingerprint density at radius 1 is 0.581 bits per heavy atom. The predicted octanol–water partition coefficient (Wildman–Crippen LogP) is 9.05. The minimum absolute atomic E-state index is 1.12. The summed E-state index contributed by atoms with van der Waals surface area (Å²) in [5.41, 5.74) is 7.15. The molecule has 0 aromatic heterocycles. The molecule has 0 aliphatic rings. The molecule has 0 spiro atoms. The molecule has 0 aliphatic carbocycles. The van der Waals surface area contributed by atoms with Crippen LogP contribution in [0, 0.1) is 6.92 Å². The largest absolute Gasteiger partial charge is 0.310 e. The van der Waals surface area contributed by atoms with Crippen LogP contribution in [0.4, 0.5) is 17.1 Å². The van der Waals surface area contributed by atoms with Crippen molar-refractivity contribution >= 4 is 43.8 Å². The van der Waals surface area contributed by atoms with Gasteiger partial charge in [-0.1, -0.05) is 94.8 Å². The summed E-state index contributed by atoms with van der Waals surface area (Å²) in [5, 5.41) is 2.48. The second kappa shape index (κ2) is 8.41. The van der Waals surface area contributed by atoms with E-state index in [2.05, 4.69) is 143 Å². The Labute approximate surface area is 191 Å². The average Bonchev–Trinajstić information content (AvgIpc) is 2.83. The average molecular weight is 464 g/mol. The lowest BCUT2D eigenvalue weighted by Crippen LogP contribution is -2.10. The first-order valence-electron chi connectivity index (χ1n) is 10.4. The fourth-order valence-electron chi connectivity index (χ4n) is 4.12. The van der Waals surface area contributed by atoms with E-state index in [0.717, 1.165) is 15.8 Å². The van der Waals surface area contributed by atoms with E-state index in [1.165, 1.54) is 33.2 Å². The lowest BCUT2D eigenvalue weighted by Gasteiger charge is -2.28. The van der Waals surface area contributed by atoms with E-state index < -0.39 is 0 Å². The second-order valence-electron chi connectivity index (χ2n) is 7.65. The first kappa shape index (κ1) is 19.6. The number of halogens is 1. The van der Waals surface area contributed by atoms with Crippen molar-refractivity contribution in [3.05, 3.63) is 125 Å². The molecule has 0 saturated heterocycles. The molecule has 5 aromatic carbocycles. The van der Waals surface area contributed by atoms with Gasteiger partial charge in [0, 0.05) is 21.2 Å². The van der Waals surface area contributed by atoms with Crippen LogP contribution in [0.3, 0.4) is 0 Å². The van der Waals surface area contributed by atoms with E-state index in [-0.39, 0.29) is 0 Å². The minimum atomic E-state index is 1.12. The number of hydrogen-bond donors (Lipinski definition) is 0. The van der Waals surface area contributed by atoms with Crippen LogP contribution in [0.5, 0.6) is 0 Å². The van der Waals surface area contributed by atoms with E-state index in [4.69, 9.17) is 0 Å². The quantitative estimate of drug-likeness (QED) is 0.256. The molecule has 0 fully saturated rings. The molecule has 150 valence electrons. The molecule has 0 saturated carbocycles. The summed E-state index contributed by atoms with van der Waals surface area (Å²) in [5.74, 6) is 0. The highest BCUT2D eigenvalue weighted by Gasteiger charge is 2.17. The molecular formula is C29H22BrN. The molecule has 0 N–H and O–H groups in total. The summed E-state index contributed by atoms with van der Waals surface area (Å²) >= 11 is 3.65. The van der Waals surface area contributed by atoms with E-state index in [9.17, 15) is 0 Å². The smallest absolute Gasteiger partial charge is 0.0540 e. The Morgan fingerprint density at radius 3 is 1.94 bits per heavy atom. The van der Waals surface area contributed by atoms with Crippen LogP contribution >= 0.6 is 15.9 Å². The van der Waals surface area contributed by atoms with Gasteiger partial charge in [-0.25, -0.2) is 0 Å². The highest BCUT2D eigenvalue weighted by Crippen LogP contribution is 2.42. The van der Waals surface area contributed by atoms with Gasteiger partial charge in [0.15, 0.2) is 0 Å². The molecule has 0 atom stereocenters. The predicted molar refractivity (Wildman–Crippen MR) is 137 cm³/mol. The van der Waals surface area contributed by atoms with E-state index >= 15 is 0 Å². The maximum atomic E-state index is 3.65. The first-order chi connectivity index (χ1) is 15.2. The third kappa shape index (κ3) is 3.75. The molecule has 2 heteroatoms. The van der Waals surface area contributed by atoms with Crippen molar-refractivity contribution in [1.82, 2.24) is 0 Å². The summed E-state index contributed by atoms with van der Waals surface area (Å²) in [6, 6.07) is 40.9. The number of anilines is 3. The Bertz CT molecular complexity index is 1340. The number of nitrogens with zero attached hydrogens (tertiary/aromatic N) is 1. The lowest BCUT2D eigenvalue weighted by atomic mass is 9.96. The molecule has 31 heavy (non-hydrogen) atoms. The number of para-hydroxylation sites is 1. The fraction of sp³-hybridized carbons (Fsp3) is 0.0345. The molecule has 0 unspecified atom stereocenters. The summed E-state index contributed by atoms with van der Waals surface area (Å²) in [7, 11) is 0. The summed E-state index contributed by atoms with van der Waals surface area (Å²) < 4.78 is 1.12. The van der Waals surface area contributed by atoms with Crippen molar-refractivity contribution in [3.63, 3.8) is 0 Å². The van der Waals surface area contributed by atoms with Gasteiger partial charge in [-0.05, 0) is 65.4 Å². The summed E-state index contributed by atoms with van der Waals surface area (Å²) in [4.78, 5) is 2.34. The van der Waals surface area contributed by atoms with Crippen molar-refractivity contribution in [1.29, 1.82) is 0 Å². The number of rotatable bonds is 4. The van der Waals surface area contributed by atoms with Gasteiger partial charge in [-0.2, -0.15) is 0 Å². The highest BCUT2D eigenvalue weighted by molar-refractivity contribution is 9.10. The zero-order valence-electron chi connectivity index (χ0n) is 17.3. The highest BCUT2D eigenvalue weighted by atomic mass is 79.9. The minimum Gasteiger partial charge on any atom is -0.310 e. The van der Waals surface area contributed by atoms with Gasteiger partial charge < -0.3 is 4.90 Å². The number of fused-ring (bicyclic) bond motifs is 1. The standard InChI is InChI=1S/C29H22BrN/c1-21-20-24(16-18-28(21)30)31(23-12-6-3-7-13-23)29-19-17-25(22-10-4-2-5-11-22)26-14-8-9-15-27(26)29/h2-20H,1H3. The van der Waals surface area contributed by atoms with Crippen LogP contribution in [-0.4, -0.2) is 0 Å². The van der Waals surface area contributed by atoms with Gasteiger partial charge in [0.05, 0.1) is 5.69 Å². The topological polar surface area (TPSA) is 3.24 Å². The van der Waals surface area contributed by atoms with Gasteiger partial charge >= 0.3 is 0 Å². The molecule has 0 bridgehead atoms. The zero-order valence-corrected chi connectivity index (χ0v) is 18.9. The Hall–Kier alpha value is -3.36. The summed E-state index contributed by atoms with van der Waals surface area (Å²) in [6.45, 7) is 2.13. The van der Waals surface area contributed by atoms with E-state index in [0.29, 0.717) is 0 Å². The van der Waals surface area contributed by atoms with Crippen LogP contribution in [-0.2, 0) is 0 Å². The van der Waals surface area contributed by atoms with Gasteiger partial charge in [-0.15, -0.1) is 0 Å². The Morgan fingerprint density at radius 2 is 1.23 bits per heavy atom. The lowest BCUT2D eigenvalue weighted by molar-refractivity contribution is 1.28. The molecule has 0 heterocycles. The normalized spacial score (nSPS) is 10.9. The number of hydrogen-bond acceptors (Lipinski definition) is 1. The van der Waals surface area contributed by atoms with Crippen LogP contribution in [0.2, 0.25) is 0 Å². The molecule has 1 nitrogen and oxygen atoms in total. The van der Waals surface area contributed by atoms with Crippen LogP contribution in [0.15, 0.2) is 120 Å². The molecule has 0 aliphatic heterocycles. The van der Waals surface area contributed by atoms with E-state index in [1.54, 1.807) is 0 Å². The monoisotopic (exact) mass is 463 g/mol. The Kier molecular flexibility index (Phi) is 5.31. The van der Waals surface area contributed by atoms with Crippen LogP contribution in [0.1, 0.15) is 5.56 Å². The third-order valence-corrected chi connectivity index (χ3v) is 6.53. The summed E-state index contributed by atoms with van der Waals surface area (Å²) in [6.07, 6.45) is 0. The fourth-order valence-corrected chi connectivity index (χ4v) is 4.37. The number of aryl methyl sites for hydroxylation is 1. The van der Waals surface area contributed by atoms with Crippen molar-refractivity contribution in [2.24, 2.45) is 0 Å². The van der Waals surface area contributed by atoms with Crippen LogP contribution < -0.4 is 4.90 Å². The van der Waals surface area contributed by atoms with E-state index in [1.807, 2.05) is 0 Å². The van der Waals surface area contributed by atoms with Crippen molar-refractivity contribution < 1.29 is 0 Å². The second-order valence-corrected chi connectivity index (χ2v) is 8.50. The van der Waals surface area contributed by atoms with Crippen molar-refractivity contribution in [3.8, 4) is 11.1 Å². The molecule has 5 rings (SSSR count). The maximum absolute atomic E-state index is 3.65.